The average Bonchev–Trinajstić information content (AvgIpc) is 3.02. The van der Waals surface area contributed by atoms with E-state index in [-0.39, 0.29) is 11.9 Å². The standard InChI is InChI=1S/C40H74O4/c1-3-5-7-9-11-13-15-17-19-21-23-25-27-29-31-35-39(41)43-37-33-34-38-44-40(42)36-32-30-28-26-24-22-20-18-16-14-12-10-8-6-4-2/h17-20H,3-16,21-38H2,1-2H3/b19-17+,20-18+. The van der Waals surface area contributed by atoms with Crippen molar-refractivity contribution < 1.29 is 19.1 Å². The van der Waals surface area contributed by atoms with Crippen LogP contribution in [0.2, 0.25) is 0 Å². The van der Waals surface area contributed by atoms with Gasteiger partial charge in [-0.3, -0.25) is 9.59 Å². The first-order chi connectivity index (χ1) is 21.7. The van der Waals surface area contributed by atoms with Crippen LogP contribution in [0.5, 0.6) is 0 Å². The van der Waals surface area contributed by atoms with E-state index in [0.717, 1.165) is 38.5 Å². The van der Waals surface area contributed by atoms with Gasteiger partial charge in [0.2, 0.25) is 0 Å². The number of hydrogen-bond acceptors (Lipinski definition) is 4. The Morgan fingerprint density at radius 2 is 0.636 bits per heavy atom. The van der Waals surface area contributed by atoms with Crippen LogP contribution in [0.15, 0.2) is 24.3 Å². The Kier molecular flexibility index (Phi) is 36.3. The summed E-state index contributed by atoms with van der Waals surface area (Å²) in [4.78, 5) is 23.8. The molecule has 0 radical (unpaired) electrons. The maximum Gasteiger partial charge on any atom is 0.305 e. The summed E-state index contributed by atoms with van der Waals surface area (Å²) < 4.78 is 10.7. The summed E-state index contributed by atoms with van der Waals surface area (Å²) >= 11 is 0. The van der Waals surface area contributed by atoms with Crippen molar-refractivity contribution in [3.8, 4) is 0 Å². The lowest BCUT2D eigenvalue weighted by atomic mass is 10.1. The lowest BCUT2D eigenvalue weighted by Crippen LogP contribution is -2.08. The van der Waals surface area contributed by atoms with Crippen LogP contribution in [0.25, 0.3) is 0 Å². The molecule has 0 aromatic carbocycles. The predicted molar refractivity (Wildman–Crippen MR) is 190 cm³/mol. The van der Waals surface area contributed by atoms with Crippen molar-refractivity contribution in [2.45, 2.75) is 206 Å². The largest absolute Gasteiger partial charge is 0.466 e. The Bertz CT molecular complexity index is 598. The van der Waals surface area contributed by atoms with Crippen molar-refractivity contribution in [1.82, 2.24) is 0 Å². The van der Waals surface area contributed by atoms with E-state index in [4.69, 9.17) is 9.47 Å². The third-order valence-electron chi connectivity index (χ3n) is 8.35. The fourth-order valence-electron chi connectivity index (χ4n) is 5.40. The van der Waals surface area contributed by atoms with Gasteiger partial charge in [-0.05, 0) is 77.0 Å². The Labute approximate surface area is 274 Å². The van der Waals surface area contributed by atoms with E-state index in [0.29, 0.717) is 26.1 Å². The second-order valence-electron chi connectivity index (χ2n) is 12.8. The number of hydrogen-bond donors (Lipinski definition) is 0. The van der Waals surface area contributed by atoms with E-state index >= 15 is 0 Å². The SMILES string of the molecule is CCCCCCCC/C=C/CCCCCCCC(=O)OCCCCOC(=O)CCCCCCC/C=C/CCCCCCCC. The fraction of sp³-hybridized carbons (Fsp3) is 0.850. The van der Waals surface area contributed by atoms with E-state index in [1.165, 1.54) is 141 Å². The van der Waals surface area contributed by atoms with Crippen LogP contribution in [0, 0.1) is 0 Å². The van der Waals surface area contributed by atoms with Crippen LogP contribution < -0.4 is 0 Å². The molecule has 0 heterocycles. The maximum absolute atomic E-state index is 11.9. The molecule has 0 aliphatic carbocycles. The first-order valence-electron chi connectivity index (χ1n) is 19.3. The number of ether oxygens (including phenoxy) is 2. The van der Waals surface area contributed by atoms with Gasteiger partial charge in [0.05, 0.1) is 13.2 Å². The molecule has 0 saturated carbocycles. The molecule has 258 valence electrons. The number of carbonyl (C=O) groups is 2. The van der Waals surface area contributed by atoms with Gasteiger partial charge >= 0.3 is 11.9 Å². The molecule has 0 unspecified atom stereocenters. The summed E-state index contributed by atoms with van der Waals surface area (Å²) in [5.41, 5.74) is 0. The van der Waals surface area contributed by atoms with E-state index in [9.17, 15) is 9.59 Å². The van der Waals surface area contributed by atoms with Crippen LogP contribution in [0.3, 0.4) is 0 Å². The van der Waals surface area contributed by atoms with Crippen LogP contribution in [0.4, 0.5) is 0 Å². The minimum absolute atomic E-state index is 0.0937. The molecule has 0 saturated heterocycles. The van der Waals surface area contributed by atoms with Crippen LogP contribution >= 0.6 is 0 Å². The van der Waals surface area contributed by atoms with Crippen molar-refractivity contribution in [2.75, 3.05) is 13.2 Å². The third-order valence-corrected chi connectivity index (χ3v) is 8.35. The van der Waals surface area contributed by atoms with E-state index in [1.54, 1.807) is 0 Å². The summed E-state index contributed by atoms with van der Waals surface area (Å²) in [6.45, 7) is 5.39. The molecule has 4 nitrogen and oxygen atoms in total. The molecule has 0 N–H and O–H groups in total. The lowest BCUT2D eigenvalue weighted by Gasteiger charge is -2.06. The van der Waals surface area contributed by atoms with Gasteiger partial charge in [0.15, 0.2) is 0 Å². The number of esters is 2. The van der Waals surface area contributed by atoms with Crippen molar-refractivity contribution in [3.05, 3.63) is 24.3 Å². The second kappa shape index (κ2) is 37.6. The highest BCUT2D eigenvalue weighted by Gasteiger charge is 2.05. The van der Waals surface area contributed by atoms with Gasteiger partial charge in [-0.1, -0.05) is 141 Å². The summed E-state index contributed by atoms with van der Waals surface area (Å²) in [6.07, 6.45) is 44.6. The van der Waals surface area contributed by atoms with Crippen LogP contribution in [-0.4, -0.2) is 25.2 Å². The Balaban J connectivity index is 3.32. The summed E-state index contributed by atoms with van der Waals surface area (Å²) in [7, 11) is 0. The monoisotopic (exact) mass is 619 g/mol. The third kappa shape index (κ3) is 36.6. The molecule has 44 heavy (non-hydrogen) atoms. The van der Waals surface area contributed by atoms with Gasteiger partial charge in [0, 0.05) is 12.8 Å². The zero-order valence-corrected chi connectivity index (χ0v) is 29.6. The molecular formula is C40H74O4. The molecule has 0 fully saturated rings. The van der Waals surface area contributed by atoms with Gasteiger partial charge in [-0.2, -0.15) is 0 Å². The molecule has 0 rings (SSSR count). The second-order valence-corrected chi connectivity index (χ2v) is 12.8. The minimum atomic E-state index is -0.0937. The molecule has 0 aromatic heterocycles. The predicted octanol–water partition coefficient (Wildman–Crippen LogP) is 12.9. The van der Waals surface area contributed by atoms with Crippen molar-refractivity contribution >= 4 is 11.9 Å². The van der Waals surface area contributed by atoms with Crippen LogP contribution in [-0.2, 0) is 19.1 Å². The molecule has 0 aliphatic rings. The van der Waals surface area contributed by atoms with Crippen molar-refractivity contribution in [3.63, 3.8) is 0 Å². The maximum atomic E-state index is 11.9. The molecular weight excluding hydrogens is 544 g/mol. The normalized spacial score (nSPS) is 11.6. The number of unbranched alkanes of at least 4 members (excludes halogenated alkanes) is 23. The Morgan fingerprint density at radius 1 is 0.364 bits per heavy atom. The molecule has 0 bridgehead atoms. The molecule has 0 aliphatic heterocycles. The number of rotatable bonds is 35. The smallest absolute Gasteiger partial charge is 0.305 e. The molecule has 0 aromatic rings. The first kappa shape index (κ1) is 42.4. The van der Waals surface area contributed by atoms with E-state index < -0.39 is 0 Å². The number of allylic oxidation sites excluding steroid dienone is 4. The van der Waals surface area contributed by atoms with Gasteiger partial charge < -0.3 is 9.47 Å². The molecule has 0 spiro atoms. The zero-order chi connectivity index (χ0) is 32.0. The fourth-order valence-corrected chi connectivity index (χ4v) is 5.40. The highest BCUT2D eigenvalue weighted by molar-refractivity contribution is 5.69. The molecule has 0 amide bonds. The first-order valence-corrected chi connectivity index (χ1v) is 19.3. The van der Waals surface area contributed by atoms with Gasteiger partial charge in [-0.25, -0.2) is 0 Å². The highest BCUT2D eigenvalue weighted by atomic mass is 16.5. The summed E-state index contributed by atoms with van der Waals surface area (Å²) in [5.74, 6) is -0.187. The summed E-state index contributed by atoms with van der Waals surface area (Å²) in [6, 6.07) is 0. The minimum Gasteiger partial charge on any atom is -0.466 e. The van der Waals surface area contributed by atoms with Gasteiger partial charge in [0.25, 0.3) is 0 Å². The van der Waals surface area contributed by atoms with E-state index in [2.05, 4.69) is 38.2 Å². The highest BCUT2D eigenvalue weighted by Crippen LogP contribution is 2.12. The van der Waals surface area contributed by atoms with Crippen LogP contribution in [0.1, 0.15) is 206 Å². The Morgan fingerprint density at radius 3 is 0.955 bits per heavy atom. The van der Waals surface area contributed by atoms with Crippen molar-refractivity contribution in [1.29, 1.82) is 0 Å². The molecule has 0 atom stereocenters. The topological polar surface area (TPSA) is 52.6 Å². The van der Waals surface area contributed by atoms with Gasteiger partial charge in [-0.15, -0.1) is 0 Å². The van der Waals surface area contributed by atoms with Gasteiger partial charge in [0.1, 0.15) is 0 Å². The average molecular weight is 619 g/mol. The molecule has 4 heteroatoms. The Hall–Kier alpha value is -1.58. The number of carbonyl (C=O) groups excluding carboxylic acids is 2. The quantitative estimate of drug-likeness (QED) is 0.0403. The lowest BCUT2D eigenvalue weighted by molar-refractivity contribution is -0.146. The van der Waals surface area contributed by atoms with E-state index in [1.807, 2.05) is 0 Å². The summed E-state index contributed by atoms with van der Waals surface area (Å²) in [5, 5.41) is 0. The zero-order valence-electron chi connectivity index (χ0n) is 29.6. The van der Waals surface area contributed by atoms with Crippen molar-refractivity contribution in [2.24, 2.45) is 0 Å².